The average Bonchev–Trinajstić information content (AvgIpc) is 2.95. The molecule has 0 radical (unpaired) electrons. The summed E-state index contributed by atoms with van der Waals surface area (Å²) in [5.74, 6) is 0.551. The average molecular weight is 344 g/mol. The summed E-state index contributed by atoms with van der Waals surface area (Å²) in [6, 6.07) is 9.20. The van der Waals surface area contributed by atoms with Gasteiger partial charge in [0, 0.05) is 16.0 Å². The molecule has 0 unspecified atom stereocenters. The molecule has 0 aliphatic heterocycles. The van der Waals surface area contributed by atoms with Crippen molar-refractivity contribution in [2.45, 2.75) is 31.0 Å². The number of thiophene rings is 1. The third-order valence-electron chi connectivity index (χ3n) is 3.42. The molecule has 4 nitrogen and oxygen atoms in total. The molecule has 0 fully saturated rings. The van der Waals surface area contributed by atoms with Crippen LogP contribution in [0, 0.1) is 6.92 Å². The molecule has 3 rings (SSSR count). The van der Waals surface area contributed by atoms with Crippen LogP contribution in [-0.4, -0.2) is 21.0 Å². The van der Waals surface area contributed by atoms with Crippen LogP contribution in [0.1, 0.15) is 33.5 Å². The number of aromatic carboxylic acids is 1. The van der Waals surface area contributed by atoms with Crippen molar-refractivity contribution >= 4 is 39.3 Å². The van der Waals surface area contributed by atoms with Crippen molar-refractivity contribution in [1.29, 1.82) is 0 Å². The molecule has 6 heteroatoms. The van der Waals surface area contributed by atoms with E-state index in [1.165, 1.54) is 4.88 Å². The molecular formula is C17H16N2O2S2. The van der Waals surface area contributed by atoms with Crippen LogP contribution in [0.2, 0.25) is 0 Å². The van der Waals surface area contributed by atoms with Crippen molar-refractivity contribution in [2.24, 2.45) is 0 Å². The first-order chi connectivity index (χ1) is 11.1. The van der Waals surface area contributed by atoms with E-state index in [0.717, 1.165) is 33.1 Å². The van der Waals surface area contributed by atoms with Gasteiger partial charge in [0.15, 0.2) is 0 Å². The molecule has 0 bridgehead atoms. The van der Waals surface area contributed by atoms with Gasteiger partial charge >= 0.3 is 5.97 Å². The first-order valence-electron chi connectivity index (χ1n) is 7.29. The van der Waals surface area contributed by atoms with Crippen LogP contribution in [0.15, 0.2) is 35.4 Å². The standard InChI is InChI=1S/C17H16N2O2S2/c1-3-13-8-14-15(18-10(2)19-16(14)23-13)22-9-11-5-4-6-12(7-11)17(20)21/h4-8H,3,9H2,1-2H3,(H,20,21). The van der Waals surface area contributed by atoms with E-state index in [1.807, 2.05) is 13.0 Å². The number of aryl methyl sites for hydroxylation is 2. The number of aromatic nitrogens is 2. The van der Waals surface area contributed by atoms with Crippen LogP contribution in [0.5, 0.6) is 0 Å². The van der Waals surface area contributed by atoms with E-state index in [4.69, 9.17) is 5.11 Å². The number of hydrogen-bond donors (Lipinski definition) is 1. The maximum Gasteiger partial charge on any atom is 0.335 e. The fraction of sp³-hybridized carbons (Fsp3) is 0.235. The van der Waals surface area contributed by atoms with Gasteiger partial charge in [-0.05, 0) is 37.1 Å². The number of benzene rings is 1. The van der Waals surface area contributed by atoms with Crippen molar-refractivity contribution in [2.75, 3.05) is 0 Å². The summed E-state index contributed by atoms with van der Waals surface area (Å²) in [6.07, 6.45) is 0.991. The van der Waals surface area contributed by atoms with Crippen LogP contribution in [0.3, 0.4) is 0 Å². The lowest BCUT2D eigenvalue weighted by Gasteiger charge is -2.05. The highest BCUT2D eigenvalue weighted by Gasteiger charge is 2.11. The van der Waals surface area contributed by atoms with E-state index in [1.54, 1.807) is 41.3 Å². The van der Waals surface area contributed by atoms with Crippen molar-refractivity contribution in [3.8, 4) is 0 Å². The molecule has 0 aliphatic carbocycles. The van der Waals surface area contributed by atoms with Crippen molar-refractivity contribution in [1.82, 2.24) is 9.97 Å². The monoisotopic (exact) mass is 344 g/mol. The third kappa shape index (κ3) is 3.54. The fourth-order valence-corrected chi connectivity index (χ4v) is 4.34. The van der Waals surface area contributed by atoms with Crippen LogP contribution < -0.4 is 0 Å². The molecule has 0 saturated heterocycles. The van der Waals surface area contributed by atoms with Crippen molar-refractivity contribution in [3.63, 3.8) is 0 Å². The topological polar surface area (TPSA) is 63.1 Å². The number of thioether (sulfide) groups is 1. The lowest BCUT2D eigenvalue weighted by atomic mass is 10.1. The zero-order valence-electron chi connectivity index (χ0n) is 12.9. The summed E-state index contributed by atoms with van der Waals surface area (Å²) < 4.78 is 0. The third-order valence-corrected chi connectivity index (χ3v) is 5.65. The van der Waals surface area contributed by atoms with Gasteiger partial charge in [0.05, 0.1) is 5.56 Å². The number of carbonyl (C=O) groups is 1. The van der Waals surface area contributed by atoms with Gasteiger partial charge in [-0.1, -0.05) is 19.1 Å². The lowest BCUT2D eigenvalue weighted by Crippen LogP contribution is -1.97. The second kappa shape index (κ2) is 6.68. The Morgan fingerprint density at radius 2 is 2.13 bits per heavy atom. The molecule has 1 N–H and O–H groups in total. The number of nitrogens with zero attached hydrogens (tertiary/aromatic N) is 2. The number of rotatable bonds is 5. The highest BCUT2D eigenvalue weighted by atomic mass is 32.2. The summed E-state index contributed by atoms with van der Waals surface area (Å²) in [6.45, 7) is 4.04. The molecule has 0 spiro atoms. The van der Waals surface area contributed by atoms with Crippen LogP contribution in [-0.2, 0) is 12.2 Å². The zero-order chi connectivity index (χ0) is 16.4. The summed E-state index contributed by atoms with van der Waals surface area (Å²) in [4.78, 5) is 22.5. The summed E-state index contributed by atoms with van der Waals surface area (Å²) in [5.41, 5.74) is 1.29. The Balaban J connectivity index is 1.88. The summed E-state index contributed by atoms with van der Waals surface area (Å²) in [5, 5.41) is 11.1. The minimum atomic E-state index is -0.900. The molecule has 2 heterocycles. The molecule has 118 valence electrons. The Morgan fingerprint density at radius 3 is 2.87 bits per heavy atom. The van der Waals surface area contributed by atoms with Gasteiger partial charge in [-0.15, -0.1) is 23.1 Å². The van der Waals surface area contributed by atoms with Gasteiger partial charge in [0.1, 0.15) is 15.7 Å². The first kappa shape index (κ1) is 16.0. The summed E-state index contributed by atoms with van der Waals surface area (Å²) in [7, 11) is 0. The van der Waals surface area contributed by atoms with Crippen LogP contribution in [0.4, 0.5) is 0 Å². The lowest BCUT2D eigenvalue weighted by molar-refractivity contribution is 0.0697. The van der Waals surface area contributed by atoms with Gasteiger partial charge in [0.2, 0.25) is 0 Å². The van der Waals surface area contributed by atoms with E-state index in [9.17, 15) is 4.79 Å². The molecule has 0 aliphatic rings. The Morgan fingerprint density at radius 1 is 1.30 bits per heavy atom. The highest BCUT2D eigenvalue weighted by molar-refractivity contribution is 7.98. The normalized spacial score (nSPS) is 11.0. The predicted octanol–water partition coefficient (Wildman–Crippen LogP) is 4.55. The molecule has 0 saturated carbocycles. The van der Waals surface area contributed by atoms with Gasteiger partial charge in [-0.2, -0.15) is 0 Å². The number of carboxylic acid groups (broad SMARTS) is 1. The quantitative estimate of drug-likeness (QED) is 0.543. The highest BCUT2D eigenvalue weighted by Crippen LogP contribution is 2.33. The van der Waals surface area contributed by atoms with Crippen LogP contribution in [0.25, 0.3) is 10.2 Å². The van der Waals surface area contributed by atoms with Crippen molar-refractivity contribution < 1.29 is 9.90 Å². The molecule has 0 amide bonds. The van der Waals surface area contributed by atoms with Crippen LogP contribution >= 0.6 is 23.1 Å². The Hall–Kier alpha value is -1.92. The summed E-state index contributed by atoms with van der Waals surface area (Å²) >= 11 is 3.34. The Bertz CT molecular complexity index is 874. The molecule has 1 aromatic carbocycles. The molecule has 2 aromatic heterocycles. The molecular weight excluding hydrogens is 328 g/mol. The molecule has 3 aromatic rings. The second-order valence-corrected chi connectivity index (χ2v) is 7.23. The SMILES string of the molecule is CCc1cc2c(SCc3cccc(C(=O)O)c3)nc(C)nc2s1. The minimum Gasteiger partial charge on any atom is -0.478 e. The van der Waals surface area contributed by atoms with Gasteiger partial charge in [-0.3, -0.25) is 0 Å². The maximum atomic E-state index is 11.1. The number of hydrogen-bond acceptors (Lipinski definition) is 5. The Labute approximate surface area is 142 Å². The van der Waals surface area contributed by atoms with Crippen molar-refractivity contribution in [3.05, 3.63) is 52.2 Å². The van der Waals surface area contributed by atoms with E-state index >= 15 is 0 Å². The van der Waals surface area contributed by atoms with Gasteiger partial charge in [-0.25, -0.2) is 14.8 Å². The van der Waals surface area contributed by atoms with E-state index in [0.29, 0.717) is 11.3 Å². The maximum absolute atomic E-state index is 11.1. The fourth-order valence-electron chi connectivity index (χ4n) is 2.28. The van der Waals surface area contributed by atoms with E-state index in [-0.39, 0.29) is 0 Å². The first-order valence-corrected chi connectivity index (χ1v) is 9.09. The van der Waals surface area contributed by atoms with Gasteiger partial charge in [0.25, 0.3) is 0 Å². The Kier molecular flexibility index (Phi) is 4.63. The van der Waals surface area contributed by atoms with Gasteiger partial charge < -0.3 is 5.11 Å². The smallest absolute Gasteiger partial charge is 0.335 e. The molecule has 23 heavy (non-hydrogen) atoms. The van der Waals surface area contributed by atoms with E-state index in [2.05, 4.69) is 23.0 Å². The molecule has 0 atom stereocenters. The minimum absolute atomic E-state index is 0.316. The predicted molar refractivity (Wildman–Crippen MR) is 94.5 cm³/mol. The number of fused-ring (bicyclic) bond motifs is 1. The second-order valence-electron chi connectivity index (χ2n) is 5.16. The van der Waals surface area contributed by atoms with E-state index < -0.39 is 5.97 Å². The number of carboxylic acids is 1. The largest absolute Gasteiger partial charge is 0.478 e. The zero-order valence-corrected chi connectivity index (χ0v) is 14.5.